The van der Waals surface area contributed by atoms with Crippen LogP contribution in [0.5, 0.6) is 5.75 Å². The fourth-order valence-electron chi connectivity index (χ4n) is 4.15. The van der Waals surface area contributed by atoms with E-state index in [9.17, 15) is 23.1 Å². The molecule has 0 radical (unpaired) electrons. The minimum absolute atomic E-state index is 0.0139. The van der Waals surface area contributed by atoms with Crippen molar-refractivity contribution in [2.75, 3.05) is 38.6 Å². The van der Waals surface area contributed by atoms with E-state index in [-0.39, 0.29) is 40.3 Å². The lowest BCUT2D eigenvalue weighted by molar-refractivity contribution is -0.0864. The zero-order chi connectivity index (χ0) is 27.3. The number of nitrogens with zero attached hydrogens (tertiary/aromatic N) is 3. The minimum atomic E-state index is -1.22. The van der Waals surface area contributed by atoms with Gasteiger partial charge in [-0.05, 0) is 37.6 Å². The molecule has 38 heavy (non-hydrogen) atoms. The fraction of sp³-hybridized carbons (Fsp3) is 0.440. The van der Waals surface area contributed by atoms with Crippen molar-refractivity contribution in [1.29, 1.82) is 0 Å². The number of ether oxygens (including phenoxy) is 2. The second kappa shape index (κ2) is 11.9. The number of hydrogen-bond donors (Lipinski definition) is 4. The van der Waals surface area contributed by atoms with Crippen LogP contribution in [0, 0.1) is 11.6 Å². The highest BCUT2D eigenvalue weighted by atomic mass is 19.1. The zero-order valence-corrected chi connectivity index (χ0v) is 20.6. The third kappa shape index (κ3) is 6.47. The first kappa shape index (κ1) is 27.5. The molecule has 204 valence electrons. The van der Waals surface area contributed by atoms with E-state index in [1.165, 1.54) is 6.07 Å². The molecule has 2 aliphatic rings. The quantitative estimate of drug-likeness (QED) is 0.385. The molecule has 1 aromatic carbocycles. The Hall–Kier alpha value is -3.55. The molecule has 13 heteroatoms. The summed E-state index contributed by atoms with van der Waals surface area (Å²) in [5.74, 6) is -3.43. The van der Waals surface area contributed by atoms with Gasteiger partial charge in [0.25, 0.3) is 5.91 Å². The van der Waals surface area contributed by atoms with Gasteiger partial charge in [0.05, 0.1) is 11.3 Å². The topological polar surface area (TPSA) is 158 Å². The van der Waals surface area contributed by atoms with Crippen molar-refractivity contribution in [3.8, 4) is 17.0 Å². The molecular weight excluding hydrogens is 505 g/mol. The summed E-state index contributed by atoms with van der Waals surface area (Å²) < 4.78 is 51.9. The molecule has 4 heterocycles. The molecule has 1 atom stereocenters. The van der Waals surface area contributed by atoms with E-state index >= 15 is 0 Å². The molecule has 2 aromatic heterocycles. The summed E-state index contributed by atoms with van der Waals surface area (Å²) >= 11 is 0. The summed E-state index contributed by atoms with van der Waals surface area (Å²) in [5, 5.41) is 13.4. The maximum absolute atomic E-state index is 14.7. The van der Waals surface area contributed by atoms with Crippen molar-refractivity contribution in [3.63, 3.8) is 0 Å². The number of fused-ring (bicyclic) bond motifs is 1. The lowest BCUT2D eigenvalue weighted by Crippen LogP contribution is -2.41. The molecule has 10 nitrogen and oxygen atoms in total. The number of benzene rings is 1. The Balaban J connectivity index is 0.000000417. The first-order chi connectivity index (χ1) is 18.2. The number of aliphatic hydroxyl groups is 1. The Morgan fingerprint density at radius 3 is 2.47 bits per heavy atom. The van der Waals surface area contributed by atoms with Gasteiger partial charge in [0, 0.05) is 38.2 Å². The third-order valence-electron chi connectivity index (χ3n) is 6.32. The number of anilines is 1. The molecule has 1 amide bonds. The van der Waals surface area contributed by atoms with Crippen LogP contribution in [-0.4, -0.2) is 70.6 Å². The molecule has 2 fully saturated rings. The predicted molar refractivity (Wildman–Crippen MR) is 133 cm³/mol. The second-order valence-corrected chi connectivity index (χ2v) is 9.21. The first-order valence-electron chi connectivity index (χ1n) is 12.1. The van der Waals surface area contributed by atoms with Crippen LogP contribution < -0.4 is 21.5 Å². The summed E-state index contributed by atoms with van der Waals surface area (Å²) in [6.07, 6.45) is 2.94. The van der Waals surface area contributed by atoms with Gasteiger partial charge in [0.15, 0.2) is 23.2 Å². The third-order valence-corrected chi connectivity index (χ3v) is 6.32. The number of nitrogen functional groups attached to an aromatic ring is 1. The Labute approximate surface area is 216 Å². The van der Waals surface area contributed by atoms with Crippen molar-refractivity contribution >= 4 is 22.8 Å². The molecule has 1 unspecified atom stereocenters. The average Bonchev–Trinajstić information content (AvgIpc) is 2.89. The molecule has 0 spiro atoms. The Bertz CT molecular complexity index is 1280. The zero-order valence-electron chi connectivity index (χ0n) is 20.6. The van der Waals surface area contributed by atoms with Gasteiger partial charge in [0.1, 0.15) is 35.7 Å². The van der Waals surface area contributed by atoms with E-state index < -0.39 is 35.1 Å². The molecular formula is C25H29F3N6O4. The van der Waals surface area contributed by atoms with E-state index in [1.54, 1.807) is 0 Å². The lowest BCUT2D eigenvalue weighted by Gasteiger charge is -2.31. The molecule has 0 saturated carbocycles. The minimum Gasteiger partial charge on any atom is -0.485 e. The van der Waals surface area contributed by atoms with Gasteiger partial charge in [-0.2, -0.15) is 0 Å². The maximum Gasteiger partial charge on any atom is 0.251 e. The summed E-state index contributed by atoms with van der Waals surface area (Å²) in [5.41, 5.74) is 10.3. The molecule has 0 bridgehead atoms. The molecule has 2 aliphatic heterocycles. The van der Waals surface area contributed by atoms with E-state index in [1.807, 2.05) is 0 Å². The smallest absolute Gasteiger partial charge is 0.251 e. The SMILES string of the molecule is FC1CCCNC1.NC(=O)c1cc(-c2cc(F)c(OCC3(O)CCOCC3)c(F)c2)nc2c(N)ncnc12. The highest BCUT2D eigenvalue weighted by Crippen LogP contribution is 2.32. The van der Waals surface area contributed by atoms with Crippen molar-refractivity contribution in [3.05, 3.63) is 41.7 Å². The summed E-state index contributed by atoms with van der Waals surface area (Å²) in [7, 11) is 0. The standard InChI is InChI=1S/C20H19F2N5O4.C5H10FN/c21-12-5-10(6-13(22)17(12)31-8-20(29)1-3-30-4-2-20)14-7-11(19(24)28)15-16(27-14)18(23)26-9-25-15;6-5-2-1-3-7-4-5/h5-7,9,29H,1-4,8H2,(H2,24,28)(H2,23,25,26);5,7H,1-4H2. The molecule has 2 saturated heterocycles. The molecule has 0 aliphatic carbocycles. The van der Waals surface area contributed by atoms with Gasteiger partial charge in [-0.1, -0.05) is 0 Å². The number of amides is 1. The molecule has 5 rings (SSSR count). The lowest BCUT2D eigenvalue weighted by atomic mass is 9.96. The maximum atomic E-state index is 14.7. The van der Waals surface area contributed by atoms with Gasteiger partial charge < -0.3 is 31.4 Å². The van der Waals surface area contributed by atoms with Crippen LogP contribution in [0.1, 0.15) is 36.0 Å². The van der Waals surface area contributed by atoms with Gasteiger partial charge >= 0.3 is 0 Å². The van der Waals surface area contributed by atoms with Gasteiger partial charge in [-0.15, -0.1) is 0 Å². The highest BCUT2D eigenvalue weighted by Gasteiger charge is 2.31. The van der Waals surface area contributed by atoms with E-state index in [4.69, 9.17) is 20.9 Å². The highest BCUT2D eigenvalue weighted by molar-refractivity contribution is 6.06. The van der Waals surface area contributed by atoms with Crippen LogP contribution in [0.25, 0.3) is 22.3 Å². The van der Waals surface area contributed by atoms with Crippen molar-refractivity contribution in [2.45, 2.75) is 37.5 Å². The number of pyridine rings is 1. The Kier molecular flexibility index (Phi) is 8.59. The van der Waals surface area contributed by atoms with E-state index in [2.05, 4.69) is 20.3 Å². The monoisotopic (exact) mass is 534 g/mol. The number of carbonyl (C=O) groups is 1. The van der Waals surface area contributed by atoms with Gasteiger partial charge in [-0.3, -0.25) is 4.79 Å². The fourth-order valence-corrected chi connectivity index (χ4v) is 4.15. The largest absolute Gasteiger partial charge is 0.485 e. The molecule has 6 N–H and O–H groups in total. The van der Waals surface area contributed by atoms with Crippen LogP contribution in [0.15, 0.2) is 24.5 Å². The number of aromatic nitrogens is 3. The number of piperidine rings is 1. The Morgan fingerprint density at radius 2 is 1.89 bits per heavy atom. The summed E-state index contributed by atoms with van der Waals surface area (Å²) in [6, 6.07) is 3.29. The average molecular weight is 535 g/mol. The first-order valence-corrected chi connectivity index (χ1v) is 12.1. The summed E-state index contributed by atoms with van der Waals surface area (Å²) in [6.45, 7) is 1.97. The second-order valence-electron chi connectivity index (χ2n) is 9.21. The van der Waals surface area contributed by atoms with Gasteiger partial charge in [-0.25, -0.2) is 28.1 Å². The van der Waals surface area contributed by atoms with E-state index in [0.29, 0.717) is 32.6 Å². The number of halogens is 3. The molecule has 3 aromatic rings. The van der Waals surface area contributed by atoms with Crippen molar-refractivity contribution in [1.82, 2.24) is 20.3 Å². The number of primary amides is 1. The number of nitrogens with two attached hydrogens (primary N) is 2. The summed E-state index contributed by atoms with van der Waals surface area (Å²) in [4.78, 5) is 23.9. The predicted octanol–water partition coefficient (Wildman–Crippen LogP) is 2.28. The number of hydrogen-bond acceptors (Lipinski definition) is 9. The van der Waals surface area contributed by atoms with Crippen molar-refractivity contribution < 1.29 is 32.5 Å². The van der Waals surface area contributed by atoms with Crippen molar-refractivity contribution in [2.24, 2.45) is 5.73 Å². The van der Waals surface area contributed by atoms with E-state index in [0.717, 1.165) is 37.8 Å². The number of nitrogens with one attached hydrogen (secondary N) is 1. The number of carbonyl (C=O) groups excluding carboxylic acids is 1. The van der Waals surface area contributed by atoms with Crippen LogP contribution in [0.3, 0.4) is 0 Å². The van der Waals surface area contributed by atoms with Gasteiger partial charge in [0.2, 0.25) is 0 Å². The number of alkyl halides is 1. The van der Waals surface area contributed by atoms with Crippen LogP contribution in [-0.2, 0) is 4.74 Å². The normalized spacial score (nSPS) is 18.9. The number of rotatable bonds is 5. The van der Waals surface area contributed by atoms with Crippen LogP contribution in [0.2, 0.25) is 0 Å². The van der Waals surface area contributed by atoms with Crippen LogP contribution >= 0.6 is 0 Å². The van der Waals surface area contributed by atoms with Crippen LogP contribution in [0.4, 0.5) is 19.0 Å². The Morgan fingerprint density at radius 1 is 1.18 bits per heavy atom.